The lowest BCUT2D eigenvalue weighted by Gasteiger charge is -2.26. The molecule has 6 N–H and O–H groups in total. The molecule has 0 bridgehead atoms. The number of para-hydroxylation sites is 1. The Morgan fingerprint density at radius 2 is 1.90 bits per heavy atom. The van der Waals surface area contributed by atoms with Crippen LogP contribution in [0.25, 0.3) is 10.9 Å². The van der Waals surface area contributed by atoms with Crippen molar-refractivity contribution in [1.29, 1.82) is 0 Å². The molecule has 4 unspecified atom stereocenters. The molecule has 2 aromatic rings. The zero-order chi connectivity index (χ0) is 21.6. The number of amides is 2. The number of benzene rings is 1. The molecule has 1 heterocycles. The van der Waals surface area contributed by atoms with Crippen molar-refractivity contribution in [2.75, 3.05) is 5.75 Å². The summed E-state index contributed by atoms with van der Waals surface area (Å²) in [5, 5.41) is 15.7. The lowest BCUT2D eigenvalue weighted by atomic mass is 9.97. The fourth-order valence-electron chi connectivity index (χ4n) is 3.03. The predicted molar refractivity (Wildman–Crippen MR) is 115 cm³/mol. The van der Waals surface area contributed by atoms with Crippen LogP contribution < -0.4 is 16.4 Å². The van der Waals surface area contributed by atoms with Crippen LogP contribution in [0.2, 0.25) is 0 Å². The molecule has 1 aromatic carbocycles. The highest BCUT2D eigenvalue weighted by Gasteiger charge is 2.31. The van der Waals surface area contributed by atoms with Gasteiger partial charge in [0, 0.05) is 29.3 Å². The van der Waals surface area contributed by atoms with E-state index in [0.29, 0.717) is 6.42 Å². The van der Waals surface area contributed by atoms with Gasteiger partial charge in [-0.15, -0.1) is 0 Å². The van der Waals surface area contributed by atoms with Crippen LogP contribution in [0.3, 0.4) is 0 Å². The number of aromatic amines is 1. The Morgan fingerprint density at radius 1 is 1.21 bits per heavy atom. The van der Waals surface area contributed by atoms with E-state index in [1.165, 1.54) is 0 Å². The van der Waals surface area contributed by atoms with Gasteiger partial charge >= 0.3 is 5.97 Å². The van der Waals surface area contributed by atoms with Crippen molar-refractivity contribution in [3.8, 4) is 0 Å². The number of H-pyrrole nitrogens is 1. The minimum atomic E-state index is -1.15. The molecule has 0 saturated carbocycles. The Balaban J connectivity index is 2.17. The molecule has 0 spiro atoms. The number of carbonyl (C=O) groups is 3. The number of hydrogen-bond donors (Lipinski definition) is 6. The van der Waals surface area contributed by atoms with E-state index in [0.717, 1.165) is 16.5 Å². The Morgan fingerprint density at radius 3 is 2.52 bits per heavy atom. The summed E-state index contributed by atoms with van der Waals surface area (Å²) in [5.74, 6) is -2.26. The van der Waals surface area contributed by atoms with E-state index < -0.39 is 35.9 Å². The number of nitrogens with one attached hydrogen (secondary N) is 3. The second kappa shape index (κ2) is 10.3. The lowest BCUT2D eigenvalue weighted by Crippen LogP contribution is -2.57. The van der Waals surface area contributed by atoms with Crippen molar-refractivity contribution in [3.63, 3.8) is 0 Å². The first-order valence-electron chi connectivity index (χ1n) is 9.53. The van der Waals surface area contributed by atoms with Gasteiger partial charge in [0.15, 0.2) is 0 Å². The molecule has 2 rings (SSSR count). The van der Waals surface area contributed by atoms with E-state index in [-0.39, 0.29) is 18.1 Å². The molecule has 0 saturated heterocycles. The minimum absolute atomic E-state index is 0.114. The van der Waals surface area contributed by atoms with Crippen molar-refractivity contribution in [2.24, 2.45) is 11.7 Å². The Kier molecular flexibility index (Phi) is 8.10. The molecule has 8 nitrogen and oxygen atoms in total. The summed E-state index contributed by atoms with van der Waals surface area (Å²) in [7, 11) is 0. The maximum Gasteiger partial charge on any atom is 0.326 e. The largest absolute Gasteiger partial charge is 0.480 e. The standard InChI is InChI=1S/C20H28N4O4S/c1-3-11(2)17(24-18(25)14(21)10-29)19(26)23-16(20(27)28)8-12-9-22-15-7-5-4-6-13(12)15/h4-7,9,11,14,16-17,22,29H,3,8,10,21H2,1-2H3,(H,23,26)(H,24,25)(H,27,28). The molecule has 0 aliphatic carbocycles. The van der Waals surface area contributed by atoms with Crippen LogP contribution in [0, 0.1) is 5.92 Å². The molecular weight excluding hydrogens is 392 g/mol. The molecule has 0 radical (unpaired) electrons. The number of hydrogen-bond acceptors (Lipinski definition) is 5. The molecule has 1 aromatic heterocycles. The summed E-state index contributed by atoms with van der Waals surface area (Å²) in [4.78, 5) is 39.9. The van der Waals surface area contributed by atoms with Crippen LogP contribution in [-0.2, 0) is 20.8 Å². The second-order valence-corrected chi connectivity index (χ2v) is 7.49. The summed E-state index contributed by atoms with van der Waals surface area (Å²) in [6.07, 6.45) is 2.48. The molecule has 2 amide bonds. The third-order valence-corrected chi connectivity index (χ3v) is 5.43. The zero-order valence-corrected chi connectivity index (χ0v) is 17.4. The van der Waals surface area contributed by atoms with Gasteiger partial charge in [0.05, 0.1) is 6.04 Å². The van der Waals surface area contributed by atoms with Crippen molar-refractivity contribution >= 4 is 41.3 Å². The predicted octanol–water partition coefficient (Wildman–Crippen LogP) is 1.07. The van der Waals surface area contributed by atoms with Gasteiger partial charge in [-0.2, -0.15) is 12.6 Å². The molecule has 0 aliphatic heterocycles. The third-order valence-electron chi connectivity index (χ3n) is 5.04. The number of carbonyl (C=O) groups excluding carboxylic acids is 2. The van der Waals surface area contributed by atoms with E-state index in [1.54, 1.807) is 6.20 Å². The average Bonchev–Trinajstić information content (AvgIpc) is 3.12. The van der Waals surface area contributed by atoms with Crippen molar-refractivity contribution in [1.82, 2.24) is 15.6 Å². The van der Waals surface area contributed by atoms with Gasteiger partial charge < -0.3 is 26.5 Å². The van der Waals surface area contributed by atoms with Gasteiger partial charge in [0.25, 0.3) is 0 Å². The minimum Gasteiger partial charge on any atom is -0.480 e. The Hall–Kier alpha value is -2.52. The highest BCUT2D eigenvalue weighted by molar-refractivity contribution is 7.80. The van der Waals surface area contributed by atoms with E-state index in [1.807, 2.05) is 38.1 Å². The van der Waals surface area contributed by atoms with Crippen LogP contribution in [0.4, 0.5) is 0 Å². The average molecular weight is 421 g/mol. The first kappa shape index (κ1) is 22.8. The van der Waals surface area contributed by atoms with Gasteiger partial charge in [0.2, 0.25) is 11.8 Å². The maximum absolute atomic E-state index is 12.8. The van der Waals surface area contributed by atoms with E-state index >= 15 is 0 Å². The maximum atomic E-state index is 12.8. The number of thiol groups is 1. The van der Waals surface area contributed by atoms with Crippen LogP contribution in [-0.4, -0.2) is 51.8 Å². The van der Waals surface area contributed by atoms with E-state index in [4.69, 9.17) is 5.73 Å². The van der Waals surface area contributed by atoms with E-state index in [9.17, 15) is 19.5 Å². The number of fused-ring (bicyclic) bond motifs is 1. The fourth-order valence-corrected chi connectivity index (χ4v) is 3.19. The molecule has 0 aliphatic rings. The van der Waals surface area contributed by atoms with Crippen molar-refractivity contribution < 1.29 is 19.5 Å². The highest BCUT2D eigenvalue weighted by atomic mass is 32.1. The van der Waals surface area contributed by atoms with Gasteiger partial charge in [-0.1, -0.05) is 38.5 Å². The Labute approximate surface area is 175 Å². The smallest absolute Gasteiger partial charge is 0.326 e. The molecule has 29 heavy (non-hydrogen) atoms. The van der Waals surface area contributed by atoms with Crippen LogP contribution in [0.5, 0.6) is 0 Å². The summed E-state index contributed by atoms with van der Waals surface area (Å²) < 4.78 is 0. The quantitative estimate of drug-likeness (QED) is 0.319. The number of aliphatic carboxylic acids is 1. The normalized spacial score (nSPS) is 15.3. The first-order chi connectivity index (χ1) is 13.8. The molecule has 158 valence electrons. The molecule has 4 atom stereocenters. The van der Waals surface area contributed by atoms with Crippen LogP contribution in [0.1, 0.15) is 25.8 Å². The summed E-state index contributed by atoms with van der Waals surface area (Å²) in [6.45, 7) is 3.70. The van der Waals surface area contributed by atoms with Gasteiger partial charge in [-0.25, -0.2) is 4.79 Å². The van der Waals surface area contributed by atoms with Gasteiger partial charge in [-0.05, 0) is 17.5 Å². The number of nitrogens with two attached hydrogens (primary N) is 1. The van der Waals surface area contributed by atoms with Crippen molar-refractivity contribution in [2.45, 2.75) is 44.8 Å². The third kappa shape index (κ3) is 5.74. The summed E-state index contributed by atoms with van der Waals surface area (Å²) in [5.41, 5.74) is 7.36. The topological polar surface area (TPSA) is 137 Å². The first-order valence-corrected chi connectivity index (χ1v) is 10.2. The van der Waals surface area contributed by atoms with E-state index in [2.05, 4.69) is 28.2 Å². The lowest BCUT2D eigenvalue weighted by molar-refractivity contribution is -0.142. The number of aromatic nitrogens is 1. The number of rotatable bonds is 10. The Bertz CT molecular complexity index is 869. The number of carboxylic acid groups (broad SMARTS) is 1. The second-order valence-electron chi connectivity index (χ2n) is 7.12. The SMILES string of the molecule is CCC(C)C(NC(=O)C(N)CS)C(=O)NC(Cc1c[nH]c2ccccc12)C(=O)O. The van der Waals surface area contributed by atoms with Crippen LogP contribution in [0.15, 0.2) is 30.5 Å². The molecular formula is C20H28N4O4S. The molecule has 9 heteroatoms. The van der Waals surface area contributed by atoms with Crippen molar-refractivity contribution in [3.05, 3.63) is 36.0 Å². The zero-order valence-electron chi connectivity index (χ0n) is 16.5. The number of carboxylic acids is 1. The van der Waals surface area contributed by atoms with Gasteiger partial charge in [-0.3, -0.25) is 9.59 Å². The highest BCUT2D eigenvalue weighted by Crippen LogP contribution is 2.19. The summed E-state index contributed by atoms with van der Waals surface area (Å²) in [6, 6.07) is 4.67. The van der Waals surface area contributed by atoms with Crippen LogP contribution >= 0.6 is 12.6 Å². The molecule has 0 fully saturated rings. The van der Waals surface area contributed by atoms with Gasteiger partial charge in [0.1, 0.15) is 12.1 Å². The monoisotopic (exact) mass is 420 g/mol. The summed E-state index contributed by atoms with van der Waals surface area (Å²) >= 11 is 4.00. The fraction of sp³-hybridized carbons (Fsp3) is 0.450.